The summed E-state index contributed by atoms with van der Waals surface area (Å²) >= 11 is 6.56. The molecule has 0 radical (unpaired) electrons. The number of rotatable bonds is 8. The molecule has 6 nitrogen and oxygen atoms in total. The van der Waals surface area contributed by atoms with Gasteiger partial charge in [-0.15, -0.1) is 0 Å². The molecule has 154 valence electrons. The van der Waals surface area contributed by atoms with Crippen LogP contribution in [0.5, 0.6) is 17.2 Å². The fraction of sp³-hybridized carbons (Fsp3) is 0.0909. The van der Waals surface area contributed by atoms with E-state index in [1.54, 1.807) is 36.4 Å². The number of aromatic hydroxyl groups is 1. The number of carbonyl (C=O) groups excluding carboxylic acids is 1. The molecule has 0 spiro atoms. The maximum atomic E-state index is 11.9. The topological polar surface area (TPSA) is 80.2 Å². The van der Waals surface area contributed by atoms with Gasteiger partial charge in [0.1, 0.15) is 23.9 Å². The Morgan fingerprint density at radius 3 is 2.37 bits per heavy atom. The number of hydrogen-bond donors (Lipinski definition) is 2. The summed E-state index contributed by atoms with van der Waals surface area (Å²) in [5.74, 6) is 0.848. The molecule has 0 aliphatic heterocycles. The first-order valence-corrected chi connectivity index (χ1v) is 10.5. The molecule has 0 atom stereocenters. The molecule has 0 unspecified atom stereocenters. The summed E-state index contributed by atoms with van der Waals surface area (Å²) in [6.45, 7) is 0.279. The van der Waals surface area contributed by atoms with Gasteiger partial charge in [-0.3, -0.25) is 4.79 Å². The second-order valence-electron chi connectivity index (χ2n) is 6.15. The molecule has 2 N–H and O–H groups in total. The highest BCUT2D eigenvalue weighted by atomic mass is 79.9. The van der Waals surface area contributed by atoms with Crippen LogP contribution in [-0.4, -0.2) is 23.8 Å². The lowest BCUT2D eigenvalue weighted by Crippen LogP contribution is -2.24. The van der Waals surface area contributed by atoms with Crippen molar-refractivity contribution in [2.75, 3.05) is 6.61 Å². The first kappa shape index (κ1) is 21.9. The van der Waals surface area contributed by atoms with Crippen LogP contribution in [0.1, 0.15) is 11.1 Å². The summed E-state index contributed by atoms with van der Waals surface area (Å²) in [6, 6.07) is 20.3. The van der Waals surface area contributed by atoms with Gasteiger partial charge in [0.2, 0.25) is 0 Å². The van der Waals surface area contributed by atoms with Gasteiger partial charge in [0.15, 0.2) is 6.61 Å². The normalized spacial score (nSPS) is 10.7. The third-order valence-electron chi connectivity index (χ3n) is 3.89. The summed E-state index contributed by atoms with van der Waals surface area (Å²) < 4.78 is 12.4. The van der Waals surface area contributed by atoms with E-state index in [-0.39, 0.29) is 12.4 Å². The zero-order chi connectivity index (χ0) is 21.3. The lowest BCUT2D eigenvalue weighted by atomic mass is 10.2. The number of nitrogens with one attached hydrogen (secondary N) is 1. The predicted molar refractivity (Wildman–Crippen MR) is 122 cm³/mol. The Morgan fingerprint density at radius 2 is 1.67 bits per heavy atom. The monoisotopic (exact) mass is 532 g/mol. The zero-order valence-corrected chi connectivity index (χ0v) is 18.9. The van der Waals surface area contributed by atoms with Crippen LogP contribution in [0.15, 0.2) is 80.8 Å². The highest BCUT2D eigenvalue weighted by molar-refractivity contribution is 9.11. The maximum Gasteiger partial charge on any atom is 0.277 e. The van der Waals surface area contributed by atoms with Gasteiger partial charge in [0, 0.05) is 10.0 Å². The van der Waals surface area contributed by atoms with Crippen LogP contribution in [0, 0.1) is 0 Å². The summed E-state index contributed by atoms with van der Waals surface area (Å²) in [4.78, 5) is 11.9. The van der Waals surface area contributed by atoms with Crippen LogP contribution < -0.4 is 14.9 Å². The molecule has 1 amide bonds. The van der Waals surface area contributed by atoms with Crippen LogP contribution in [0.3, 0.4) is 0 Å². The summed E-state index contributed by atoms with van der Waals surface area (Å²) in [6.07, 6.45) is 1.35. The molecule has 0 heterocycles. The van der Waals surface area contributed by atoms with Crippen molar-refractivity contribution < 1.29 is 19.4 Å². The highest BCUT2D eigenvalue weighted by Crippen LogP contribution is 2.30. The Bertz CT molecular complexity index is 1030. The van der Waals surface area contributed by atoms with Crippen LogP contribution >= 0.6 is 31.9 Å². The van der Waals surface area contributed by atoms with Gasteiger partial charge in [-0.05, 0) is 57.9 Å². The van der Waals surface area contributed by atoms with Crippen molar-refractivity contribution in [2.24, 2.45) is 5.10 Å². The molecular formula is C22H18Br2N2O4. The van der Waals surface area contributed by atoms with Crippen molar-refractivity contribution in [1.82, 2.24) is 5.43 Å². The van der Waals surface area contributed by atoms with Gasteiger partial charge in [0.05, 0.1) is 10.7 Å². The second kappa shape index (κ2) is 10.8. The SMILES string of the molecule is O=C(COc1ccc(OCc2ccccc2)cc1)NN=Cc1cc(Br)cc(Br)c1O. The molecule has 0 aromatic heterocycles. The van der Waals surface area contributed by atoms with Crippen LogP contribution in [0.4, 0.5) is 0 Å². The molecule has 3 aromatic rings. The van der Waals surface area contributed by atoms with Gasteiger partial charge in [-0.2, -0.15) is 5.10 Å². The fourth-order valence-electron chi connectivity index (χ4n) is 2.41. The van der Waals surface area contributed by atoms with Gasteiger partial charge in [-0.1, -0.05) is 46.3 Å². The van der Waals surface area contributed by atoms with E-state index in [1.165, 1.54) is 6.21 Å². The molecule has 0 aliphatic carbocycles. The number of phenolic OH excluding ortho intramolecular Hbond substituents is 1. The van der Waals surface area contributed by atoms with Gasteiger partial charge >= 0.3 is 0 Å². The van der Waals surface area contributed by atoms with Gasteiger partial charge < -0.3 is 14.6 Å². The molecule has 0 fully saturated rings. The number of phenols is 1. The molecule has 0 aliphatic rings. The number of halogens is 2. The van der Waals surface area contributed by atoms with E-state index in [4.69, 9.17) is 9.47 Å². The van der Waals surface area contributed by atoms with Crippen LogP contribution in [-0.2, 0) is 11.4 Å². The first-order chi connectivity index (χ1) is 14.5. The van der Waals surface area contributed by atoms with Crippen molar-refractivity contribution in [3.63, 3.8) is 0 Å². The van der Waals surface area contributed by atoms with Crippen molar-refractivity contribution in [3.05, 3.63) is 86.8 Å². The van der Waals surface area contributed by atoms with Crippen LogP contribution in [0.25, 0.3) is 0 Å². The highest BCUT2D eigenvalue weighted by Gasteiger charge is 2.06. The van der Waals surface area contributed by atoms with Crippen molar-refractivity contribution >= 4 is 44.0 Å². The van der Waals surface area contributed by atoms with E-state index in [0.29, 0.717) is 28.1 Å². The Balaban J connectivity index is 1.44. The minimum absolute atomic E-state index is 0.0296. The maximum absolute atomic E-state index is 11.9. The standard InChI is InChI=1S/C22H18Br2N2O4/c23-17-10-16(22(28)20(24)11-17)12-25-26-21(27)14-30-19-8-6-18(7-9-19)29-13-15-4-2-1-3-5-15/h1-12,28H,13-14H2,(H,26,27). The van der Waals surface area contributed by atoms with E-state index in [2.05, 4.69) is 42.4 Å². The smallest absolute Gasteiger partial charge is 0.277 e. The number of hydrogen-bond acceptors (Lipinski definition) is 5. The van der Waals surface area contributed by atoms with E-state index >= 15 is 0 Å². The number of benzene rings is 3. The number of carbonyl (C=O) groups is 1. The number of nitrogens with zero attached hydrogens (tertiary/aromatic N) is 1. The van der Waals surface area contributed by atoms with E-state index in [9.17, 15) is 9.90 Å². The van der Waals surface area contributed by atoms with Gasteiger partial charge in [0.25, 0.3) is 5.91 Å². The van der Waals surface area contributed by atoms with E-state index < -0.39 is 5.91 Å². The van der Waals surface area contributed by atoms with Crippen molar-refractivity contribution in [2.45, 2.75) is 6.61 Å². The summed E-state index contributed by atoms with van der Waals surface area (Å²) in [7, 11) is 0. The van der Waals surface area contributed by atoms with E-state index in [1.807, 2.05) is 30.3 Å². The third kappa shape index (κ3) is 6.60. The number of amides is 1. The second-order valence-corrected chi connectivity index (χ2v) is 7.92. The molecule has 3 rings (SSSR count). The van der Waals surface area contributed by atoms with Crippen LogP contribution in [0.2, 0.25) is 0 Å². The predicted octanol–water partition coefficient (Wildman–Crippen LogP) is 5.03. The summed E-state index contributed by atoms with van der Waals surface area (Å²) in [5.41, 5.74) is 3.89. The third-order valence-corrected chi connectivity index (χ3v) is 4.95. The Kier molecular flexibility index (Phi) is 7.87. The fourth-order valence-corrected chi connectivity index (χ4v) is 3.67. The molecule has 0 saturated heterocycles. The minimum Gasteiger partial charge on any atom is -0.506 e. The largest absolute Gasteiger partial charge is 0.506 e. The van der Waals surface area contributed by atoms with Gasteiger partial charge in [-0.25, -0.2) is 5.43 Å². The van der Waals surface area contributed by atoms with Crippen molar-refractivity contribution in [1.29, 1.82) is 0 Å². The lowest BCUT2D eigenvalue weighted by molar-refractivity contribution is -0.123. The molecule has 30 heavy (non-hydrogen) atoms. The quantitative estimate of drug-likeness (QED) is 0.314. The van der Waals surface area contributed by atoms with E-state index in [0.717, 1.165) is 10.0 Å². The Morgan fingerprint density at radius 1 is 1.00 bits per heavy atom. The number of hydrazone groups is 1. The molecule has 8 heteroatoms. The zero-order valence-electron chi connectivity index (χ0n) is 15.7. The Labute approximate surface area is 190 Å². The average molecular weight is 534 g/mol. The van der Waals surface area contributed by atoms with Crippen molar-refractivity contribution in [3.8, 4) is 17.2 Å². The summed E-state index contributed by atoms with van der Waals surface area (Å²) in [5, 5.41) is 13.8. The lowest BCUT2D eigenvalue weighted by Gasteiger charge is -2.08. The molecule has 3 aromatic carbocycles. The first-order valence-electron chi connectivity index (χ1n) is 8.91. The molecule has 0 saturated carbocycles. The Hall–Kier alpha value is -2.84. The molecular weight excluding hydrogens is 516 g/mol. The average Bonchev–Trinajstić information content (AvgIpc) is 2.75. The number of ether oxygens (including phenoxy) is 2. The minimum atomic E-state index is -0.427. The molecule has 0 bridgehead atoms.